The van der Waals surface area contributed by atoms with Crippen molar-refractivity contribution in [3.8, 4) is 0 Å². The van der Waals surface area contributed by atoms with Crippen molar-refractivity contribution in [1.29, 1.82) is 0 Å². The number of nitrogens with zero attached hydrogens (tertiary/aromatic N) is 2. The first kappa shape index (κ1) is 17.4. The molecule has 0 unspecified atom stereocenters. The number of nitrogens with one attached hydrogen (secondary N) is 1. The predicted molar refractivity (Wildman–Crippen MR) is 92.7 cm³/mol. The second-order valence-corrected chi connectivity index (χ2v) is 6.24. The van der Waals surface area contributed by atoms with Crippen LogP contribution in [0.1, 0.15) is 42.4 Å². The third-order valence-electron chi connectivity index (χ3n) is 4.48. The lowest BCUT2D eigenvalue weighted by atomic mass is 10.2. The van der Waals surface area contributed by atoms with E-state index in [0.717, 1.165) is 30.8 Å². The number of fused-ring (bicyclic) bond motifs is 1. The number of carboxylic acid groups (broad SMARTS) is 1. The third kappa shape index (κ3) is 3.99. The minimum Gasteiger partial charge on any atom is -0.478 e. The molecule has 0 spiro atoms. The minimum absolute atomic E-state index is 0.00921. The van der Waals surface area contributed by atoms with E-state index in [0.29, 0.717) is 31.4 Å². The molecular weight excluding hydrogens is 322 g/mol. The molecule has 0 bridgehead atoms. The first-order valence-electron chi connectivity index (χ1n) is 8.69. The molecule has 1 aromatic heterocycles. The maximum absolute atomic E-state index is 11.4. The molecule has 7 nitrogen and oxygen atoms in total. The van der Waals surface area contributed by atoms with E-state index in [9.17, 15) is 14.7 Å². The van der Waals surface area contributed by atoms with E-state index < -0.39 is 5.97 Å². The molecule has 1 saturated heterocycles. The standard InChI is InChI=1S/C18H23N3O4/c1-2-17(22)19-8-7-16-20-14-10-12(18(23)24)5-6-15(14)21(16)11-13-4-3-9-25-13/h5-6,10,13H,2-4,7-9,11H2,1H3,(H,19,22)(H,23,24)/t13-/m0/s1. The number of carbonyl (C=O) groups excluding carboxylic acids is 1. The average molecular weight is 345 g/mol. The number of aromatic carboxylic acids is 1. The van der Waals surface area contributed by atoms with E-state index in [4.69, 9.17) is 4.74 Å². The van der Waals surface area contributed by atoms with Crippen LogP contribution in [0.4, 0.5) is 0 Å². The van der Waals surface area contributed by atoms with E-state index >= 15 is 0 Å². The minimum atomic E-state index is -0.965. The number of rotatable bonds is 7. The highest BCUT2D eigenvalue weighted by Crippen LogP contribution is 2.22. The Bertz CT molecular complexity index is 778. The smallest absolute Gasteiger partial charge is 0.335 e. The molecule has 3 rings (SSSR count). The molecule has 1 aromatic carbocycles. The molecule has 2 heterocycles. The molecule has 1 aliphatic heterocycles. The molecule has 0 saturated carbocycles. The Morgan fingerprint density at radius 1 is 1.44 bits per heavy atom. The van der Waals surface area contributed by atoms with Gasteiger partial charge in [0.25, 0.3) is 0 Å². The molecule has 2 N–H and O–H groups in total. The van der Waals surface area contributed by atoms with Crippen molar-refractivity contribution < 1.29 is 19.4 Å². The van der Waals surface area contributed by atoms with Gasteiger partial charge in [-0.15, -0.1) is 0 Å². The summed E-state index contributed by atoms with van der Waals surface area (Å²) in [4.78, 5) is 27.2. The fourth-order valence-electron chi connectivity index (χ4n) is 3.14. The van der Waals surface area contributed by atoms with Crippen LogP contribution in [0.25, 0.3) is 11.0 Å². The first-order valence-corrected chi connectivity index (χ1v) is 8.69. The van der Waals surface area contributed by atoms with Gasteiger partial charge >= 0.3 is 5.97 Å². The predicted octanol–water partition coefficient (Wildman–Crippen LogP) is 1.98. The second kappa shape index (κ2) is 7.65. The Balaban J connectivity index is 1.88. The van der Waals surface area contributed by atoms with Crippen LogP contribution in [-0.2, 0) is 22.5 Å². The zero-order valence-electron chi connectivity index (χ0n) is 14.3. The summed E-state index contributed by atoms with van der Waals surface area (Å²) in [6, 6.07) is 4.99. The molecule has 2 aromatic rings. The number of carboxylic acids is 1. The first-order chi connectivity index (χ1) is 12.1. The Morgan fingerprint density at radius 2 is 2.28 bits per heavy atom. The second-order valence-electron chi connectivity index (χ2n) is 6.24. The van der Waals surface area contributed by atoms with Crippen LogP contribution in [-0.4, -0.2) is 45.8 Å². The third-order valence-corrected chi connectivity index (χ3v) is 4.48. The largest absolute Gasteiger partial charge is 0.478 e. The maximum atomic E-state index is 11.4. The summed E-state index contributed by atoms with van der Waals surface area (Å²) < 4.78 is 7.83. The van der Waals surface area contributed by atoms with E-state index in [1.54, 1.807) is 18.2 Å². The monoisotopic (exact) mass is 345 g/mol. The van der Waals surface area contributed by atoms with Gasteiger partial charge in [0.05, 0.1) is 29.2 Å². The lowest BCUT2D eigenvalue weighted by Crippen LogP contribution is -2.26. The summed E-state index contributed by atoms with van der Waals surface area (Å²) in [7, 11) is 0. The van der Waals surface area contributed by atoms with Gasteiger partial charge in [-0.2, -0.15) is 0 Å². The van der Waals surface area contributed by atoms with Gasteiger partial charge in [-0.3, -0.25) is 4.79 Å². The highest BCUT2D eigenvalue weighted by atomic mass is 16.5. The number of hydrogen-bond donors (Lipinski definition) is 2. The summed E-state index contributed by atoms with van der Waals surface area (Å²) >= 11 is 0. The van der Waals surface area contributed by atoms with Gasteiger partial charge in [-0.05, 0) is 31.0 Å². The number of amides is 1. The number of carbonyl (C=O) groups is 2. The van der Waals surface area contributed by atoms with Crippen molar-refractivity contribution in [2.45, 2.75) is 45.3 Å². The molecule has 0 radical (unpaired) electrons. The van der Waals surface area contributed by atoms with Crippen LogP contribution in [0.2, 0.25) is 0 Å². The van der Waals surface area contributed by atoms with Crippen molar-refractivity contribution in [1.82, 2.24) is 14.9 Å². The van der Waals surface area contributed by atoms with Gasteiger partial charge < -0.3 is 19.7 Å². The molecule has 0 aliphatic carbocycles. The van der Waals surface area contributed by atoms with Crippen LogP contribution in [0.5, 0.6) is 0 Å². The number of hydrogen-bond acceptors (Lipinski definition) is 4. The van der Waals surface area contributed by atoms with Gasteiger partial charge in [-0.25, -0.2) is 9.78 Å². The summed E-state index contributed by atoms with van der Waals surface area (Å²) in [5, 5.41) is 12.0. The normalized spacial score (nSPS) is 17.1. The van der Waals surface area contributed by atoms with Gasteiger partial charge in [0.15, 0.2) is 0 Å². The van der Waals surface area contributed by atoms with Crippen molar-refractivity contribution >= 4 is 22.9 Å². The topological polar surface area (TPSA) is 93.5 Å². The summed E-state index contributed by atoms with van der Waals surface area (Å²) in [6.07, 6.45) is 3.27. The summed E-state index contributed by atoms with van der Waals surface area (Å²) in [6.45, 7) is 3.80. The van der Waals surface area contributed by atoms with Crippen molar-refractivity contribution in [2.75, 3.05) is 13.2 Å². The molecule has 1 aliphatic rings. The van der Waals surface area contributed by atoms with E-state index in [1.165, 1.54) is 0 Å². The Kier molecular flexibility index (Phi) is 5.33. The lowest BCUT2D eigenvalue weighted by Gasteiger charge is -2.14. The summed E-state index contributed by atoms with van der Waals surface area (Å²) in [5.74, 6) is -0.119. The maximum Gasteiger partial charge on any atom is 0.335 e. The molecular formula is C18H23N3O4. The van der Waals surface area contributed by atoms with Gasteiger partial charge in [0.1, 0.15) is 5.82 Å². The SMILES string of the molecule is CCC(=O)NCCc1nc2cc(C(=O)O)ccc2n1C[C@@H]1CCCO1. The van der Waals surface area contributed by atoms with Gasteiger partial charge in [-0.1, -0.05) is 6.92 Å². The summed E-state index contributed by atoms with van der Waals surface area (Å²) in [5.41, 5.74) is 1.78. The fourth-order valence-corrected chi connectivity index (χ4v) is 3.14. The number of aromatic nitrogens is 2. The Labute approximate surface area is 146 Å². The van der Waals surface area contributed by atoms with Gasteiger partial charge in [0.2, 0.25) is 5.91 Å². The van der Waals surface area contributed by atoms with Crippen molar-refractivity contribution in [3.63, 3.8) is 0 Å². The van der Waals surface area contributed by atoms with E-state index in [2.05, 4.69) is 14.9 Å². The zero-order valence-corrected chi connectivity index (χ0v) is 14.3. The number of imidazole rings is 1. The highest BCUT2D eigenvalue weighted by molar-refractivity contribution is 5.92. The molecule has 134 valence electrons. The van der Waals surface area contributed by atoms with E-state index in [1.807, 2.05) is 6.92 Å². The molecule has 1 atom stereocenters. The molecule has 25 heavy (non-hydrogen) atoms. The van der Waals surface area contributed by atoms with Crippen molar-refractivity contribution in [3.05, 3.63) is 29.6 Å². The van der Waals surface area contributed by atoms with Gasteiger partial charge in [0, 0.05) is 26.0 Å². The average Bonchev–Trinajstić information content (AvgIpc) is 3.23. The molecule has 1 fully saturated rings. The van der Waals surface area contributed by atoms with Crippen LogP contribution >= 0.6 is 0 Å². The van der Waals surface area contributed by atoms with E-state index in [-0.39, 0.29) is 17.6 Å². The fraction of sp³-hybridized carbons (Fsp3) is 0.500. The van der Waals surface area contributed by atoms with Crippen LogP contribution in [0.3, 0.4) is 0 Å². The zero-order chi connectivity index (χ0) is 17.8. The molecule has 7 heteroatoms. The van der Waals surface area contributed by atoms with Crippen LogP contribution in [0, 0.1) is 0 Å². The molecule has 1 amide bonds. The number of benzene rings is 1. The Morgan fingerprint density at radius 3 is 2.96 bits per heavy atom. The van der Waals surface area contributed by atoms with Crippen LogP contribution < -0.4 is 5.32 Å². The Hall–Kier alpha value is -2.41. The van der Waals surface area contributed by atoms with Crippen molar-refractivity contribution in [2.24, 2.45) is 0 Å². The lowest BCUT2D eigenvalue weighted by molar-refractivity contribution is -0.120. The quantitative estimate of drug-likeness (QED) is 0.800. The highest BCUT2D eigenvalue weighted by Gasteiger charge is 2.20. The number of ether oxygens (including phenoxy) is 1. The van der Waals surface area contributed by atoms with Crippen LogP contribution in [0.15, 0.2) is 18.2 Å².